The number of hydrogen-bond donors (Lipinski definition) is 2. The number of nitrogens with zero attached hydrogens (tertiary/aromatic N) is 1. The third kappa shape index (κ3) is 2.33. The third-order valence-corrected chi connectivity index (χ3v) is 4.50. The van der Waals surface area contributed by atoms with E-state index in [2.05, 4.69) is 0 Å². The SMILES string of the molecule is O=S(=O)(O)c1ccc(C2=CCN(O)C=C2)s1. The van der Waals surface area contributed by atoms with Crippen molar-refractivity contribution in [3.63, 3.8) is 0 Å². The summed E-state index contributed by atoms with van der Waals surface area (Å²) in [6.07, 6.45) is 4.92. The molecule has 86 valence electrons. The highest BCUT2D eigenvalue weighted by Gasteiger charge is 2.14. The first-order valence-corrected chi connectivity index (χ1v) is 6.64. The fraction of sp³-hybridized carbons (Fsp3) is 0.111. The highest BCUT2D eigenvalue weighted by molar-refractivity contribution is 7.88. The Labute approximate surface area is 96.6 Å². The van der Waals surface area contributed by atoms with E-state index >= 15 is 0 Å². The van der Waals surface area contributed by atoms with Crippen LogP contribution in [0.15, 0.2) is 34.7 Å². The van der Waals surface area contributed by atoms with Crippen LogP contribution >= 0.6 is 11.3 Å². The first kappa shape index (κ1) is 11.3. The standard InChI is InChI=1S/C9H9NO4S2/c11-10-5-3-7(4-6-10)8-1-2-9(15-8)16(12,13)14/h1-5,11H,6H2,(H,12,13,14). The van der Waals surface area contributed by atoms with Gasteiger partial charge in [-0.2, -0.15) is 8.42 Å². The molecule has 0 unspecified atom stereocenters. The van der Waals surface area contributed by atoms with Gasteiger partial charge in [-0.15, -0.1) is 11.3 Å². The molecule has 7 heteroatoms. The topological polar surface area (TPSA) is 77.8 Å². The first-order chi connectivity index (χ1) is 7.47. The summed E-state index contributed by atoms with van der Waals surface area (Å²) in [5.74, 6) is 0. The molecule has 0 amide bonds. The van der Waals surface area contributed by atoms with Crippen LogP contribution in [0.4, 0.5) is 0 Å². The predicted molar refractivity (Wildman–Crippen MR) is 59.7 cm³/mol. The summed E-state index contributed by atoms with van der Waals surface area (Å²) in [7, 11) is -4.12. The molecule has 0 saturated heterocycles. The summed E-state index contributed by atoms with van der Waals surface area (Å²) in [6.45, 7) is 0.352. The van der Waals surface area contributed by atoms with Gasteiger partial charge in [-0.25, -0.2) is 0 Å². The van der Waals surface area contributed by atoms with Gasteiger partial charge in [0, 0.05) is 11.1 Å². The lowest BCUT2D eigenvalue weighted by atomic mass is 10.2. The normalized spacial score (nSPS) is 16.4. The Morgan fingerprint density at radius 3 is 2.62 bits per heavy atom. The van der Waals surface area contributed by atoms with Crippen molar-refractivity contribution in [2.24, 2.45) is 0 Å². The number of hydrogen-bond acceptors (Lipinski definition) is 5. The minimum Gasteiger partial charge on any atom is -0.289 e. The van der Waals surface area contributed by atoms with Gasteiger partial charge in [0.15, 0.2) is 0 Å². The molecule has 5 nitrogen and oxygen atoms in total. The van der Waals surface area contributed by atoms with Crippen LogP contribution < -0.4 is 0 Å². The van der Waals surface area contributed by atoms with Crippen LogP contribution in [-0.2, 0) is 10.1 Å². The molecule has 16 heavy (non-hydrogen) atoms. The Morgan fingerprint density at radius 1 is 1.38 bits per heavy atom. The van der Waals surface area contributed by atoms with Crippen LogP contribution in [0, 0.1) is 0 Å². The zero-order chi connectivity index (χ0) is 11.8. The van der Waals surface area contributed by atoms with Crippen LogP contribution in [-0.4, -0.2) is 29.8 Å². The molecule has 1 aromatic rings. The molecule has 0 atom stereocenters. The molecule has 2 rings (SSSR count). The van der Waals surface area contributed by atoms with E-state index in [0.29, 0.717) is 6.54 Å². The maximum atomic E-state index is 10.9. The molecule has 2 heterocycles. The fourth-order valence-corrected chi connectivity index (χ4v) is 2.97. The Hall–Kier alpha value is -1.15. The average molecular weight is 259 g/mol. The molecular weight excluding hydrogens is 250 g/mol. The summed E-state index contributed by atoms with van der Waals surface area (Å²) < 4.78 is 30.5. The van der Waals surface area contributed by atoms with Crippen LogP contribution in [0.1, 0.15) is 4.88 Å². The van der Waals surface area contributed by atoms with Crippen molar-refractivity contribution in [1.29, 1.82) is 0 Å². The second kappa shape index (κ2) is 4.02. The van der Waals surface area contributed by atoms with E-state index in [1.165, 1.54) is 12.3 Å². The Bertz CT molecular complexity index is 556. The second-order valence-electron chi connectivity index (χ2n) is 3.19. The predicted octanol–water partition coefficient (Wildman–Crippen LogP) is 1.60. The summed E-state index contributed by atoms with van der Waals surface area (Å²) in [6, 6.07) is 2.98. The zero-order valence-corrected chi connectivity index (χ0v) is 9.70. The van der Waals surface area contributed by atoms with Gasteiger partial charge in [-0.05, 0) is 23.8 Å². The van der Waals surface area contributed by atoms with Crippen molar-refractivity contribution in [2.45, 2.75) is 4.21 Å². The smallest absolute Gasteiger partial charge is 0.289 e. The lowest BCUT2D eigenvalue weighted by molar-refractivity contribution is -0.0299. The van der Waals surface area contributed by atoms with Crippen LogP contribution in [0.2, 0.25) is 0 Å². The molecular formula is C9H9NO4S2. The van der Waals surface area contributed by atoms with Crippen molar-refractivity contribution >= 4 is 27.0 Å². The largest absolute Gasteiger partial charge is 0.304 e. The van der Waals surface area contributed by atoms with Gasteiger partial charge in [0.25, 0.3) is 0 Å². The lowest BCUT2D eigenvalue weighted by Crippen LogP contribution is -2.13. The van der Waals surface area contributed by atoms with Gasteiger partial charge in [-0.3, -0.25) is 14.8 Å². The minimum absolute atomic E-state index is 0.0803. The molecule has 2 N–H and O–H groups in total. The minimum atomic E-state index is -4.12. The van der Waals surface area contributed by atoms with Crippen molar-refractivity contribution in [3.05, 3.63) is 35.4 Å². The van der Waals surface area contributed by atoms with Crippen LogP contribution in [0.3, 0.4) is 0 Å². The number of rotatable bonds is 2. The van der Waals surface area contributed by atoms with Gasteiger partial charge in [0.05, 0.1) is 6.54 Å². The number of hydroxylamine groups is 2. The first-order valence-electron chi connectivity index (χ1n) is 4.38. The molecule has 0 bridgehead atoms. The second-order valence-corrected chi connectivity index (χ2v) is 5.92. The van der Waals surface area contributed by atoms with E-state index in [0.717, 1.165) is 26.9 Å². The summed E-state index contributed by atoms with van der Waals surface area (Å²) in [4.78, 5) is 0.733. The monoisotopic (exact) mass is 259 g/mol. The quantitative estimate of drug-likeness (QED) is 0.789. The van der Waals surface area contributed by atoms with Gasteiger partial charge < -0.3 is 0 Å². The van der Waals surface area contributed by atoms with Gasteiger partial charge >= 0.3 is 10.1 Å². The summed E-state index contributed by atoms with van der Waals surface area (Å²) in [5, 5.41) is 10.1. The third-order valence-electron chi connectivity index (χ3n) is 2.04. The highest BCUT2D eigenvalue weighted by atomic mass is 32.3. The molecule has 1 aliphatic heterocycles. The van der Waals surface area contributed by atoms with E-state index in [9.17, 15) is 8.42 Å². The molecule has 0 aliphatic carbocycles. The zero-order valence-electron chi connectivity index (χ0n) is 8.07. The van der Waals surface area contributed by atoms with Crippen molar-refractivity contribution in [3.8, 4) is 0 Å². The van der Waals surface area contributed by atoms with Crippen LogP contribution in [0.5, 0.6) is 0 Å². The van der Waals surface area contributed by atoms with E-state index in [-0.39, 0.29) is 4.21 Å². The molecule has 0 spiro atoms. The van der Waals surface area contributed by atoms with Gasteiger partial charge in [0.2, 0.25) is 0 Å². The molecule has 0 saturated carbocycles. The van der Waals surface area contributed by atoms with Gasteiger partial charge in [-0.1, -0.05) is 6.08 Å². The van der Waals surface area contributed by atoms with Crippen LogP contribution in [0.25, 0.3) is 5.57 Å². The van der Waals surface area contributed by atoms with E-state index < -0.39 is 10.1 Å². The molecule has 0 fully saturated rings. The summed E-state index contributed by atoms with van der Waals surface area (Å²) in [5.41, 5.74) is 0.824. The average Bonchev–Trinajstić information content (AvgIpc) is 2.67. The molecule has 1 aliphatic rings. The van der Waals surface area contributed by atoms with E-state index in [1.54, 1.807) is 18.2 Å². The Morgan fingerprint density at radius 2 is 2.12 bits per heavy atom. The molecule has 0 radical (unpaired) electrons. The van der Waals surface area contributed by atoms with Gasteiger partial charge in [0.1, 0.15) is 4.21 Å². The summed E-state index contributed by atoms with van der Waals surface area (Å²) >= 11 is 0.990. The molecule has 0 aromatic carbocycles. The molecule has 1 aromatic heterocycles. The maximum absolute atomic E-state index is 10.9. The van der Waals surface area contributed by atoms with E-state index in [4.69, 9.17) is 9.76 Å². The fourth-order valence-electron chi connectivity index (χ4n) is 1.28. The van der Waals surface area contributed by atoms with Crippen molar-refractivity contribution < 1.29 is 18.2 Å². The maximum Gasteiger partial charge on any atom is 0.304 e. The Kier molecular flexibility index (Phi) is 2.85. The number of allylic oxidation sites excluding steroid dienone is 2. The van der Waals surface area contributed by atoms with Crippen molar-refractivity contribution in [2.75, 3.05) is 6.54 Å². The highest BCUT2D eigenvalue weighted by Crippen LogP contribution is 2.29. The Balaban J connectivity index is 2.31. The van der Waals surface area contributed by atoms with Crippen molar-refractivity contribution in [1.82, 2.24) is 5.06 Å². The lowest BCUT2D eigenvalue weighted by Gasteiger charge is -2.14. The number of thiophene rings is 1. The van der Waals surface area contributed by atoms with E-state index in [1.807, 2.05) is 0 Å².